The van der Waals surface area contributed by atoms with Gasteiger partial charge in [0.25, 0.3) is 5.91 Å². The summed E-state index contributed by atoms with van der Waals surface area (Å²) in [7, 11) is 0. The SMILES string of the molecule is O=C(O)C1CCN1C(=O)C(O)C1CCCCC1. The highest BCUT2D eigenvalue weighted by atomic mass is 16.4. The van der Waals surface area contributed by atoms with Crippen molar-refractivity contribution in [3.8, 4) is 0 Å². The largest absolute Gasteiger partial charge is 0.480 e. The van der Waals surface area contributed by atoms with Crippen molar-refractivity contribution in [3.63, 3.8) is 0 Å². The third-order valence-corrected chi connectivity index (χ3v) is 3.94. The van der Waals surface area contributed by atoms with Crippen molar-refractivity contribution < 1.29 is 19.8 Å². The highest BCUT2D eigenvalue weighted by Crippen LogP contribution is 2.29. The van der Waals surface area contributed by atoms with E-state index < -0.39 is 24.0 Å². The predicted molar refractivity (Wildman–Crippen MR) is 60.3 cm³/mol. The highest BCUT2D eigenvalue weighted by Gasteiger charge is 2.41. The maximum absolute atomic E-state index is 12.0. The lowest BCUT2D eigenvalue weighted by Crippen LogP contribution is -2.58. The van der Waals surface area contributed by atoms with Gasteiger partial charge >= 0.3 is 5.97 Å². The summed E-state index contributed by atoms with van der Waals surface area (Å²) in [6.07, 6.45) is 4.51. The summed E-state index contributed by atoms with van der Waals surface area (Å²) in [5, 5.41) is 18.9. The van der Waals surface area contributed by atoms with Crippen LogP contribution in [0.3, 0.4) is 0 Å². The first kappa shape index (κ1) is 12.4. The summed E-state index contributed by atoms with van der Waals surface area (Å²) >= 11 is 0. The van der Waals surface area contributed by atoms with Crippen LogP contribution in [0.25, 0.3) is 0 Å². The number of aliphatic hydroxyl groups excluding tert-OH is 1. The second-order valence-corrected chi connectivity index (χ2v) is 5.02. The molecule has 0 aromatic rings. The summed E-state index contributed by atoms with van der Waals surface area (Å²) in [5.74, 6) is -1.35. The number of carboxylic acids is 1. The van der Waals surface area contributed by atoms with Crippen LogP contribution in [0, 0.1) is 5.92 Å². The second-order valence-electron chi connectivity index (χ2n) is 5.02. The summed E-state index contributed by atoms with van der Waals surface area (Å²) in [6, 6.07) is -0.722. The number of aliphatic carboxylic acids is 1. The fourth-order valence-electron chi connectivity index (χ4n) is 2.73. The lowest BCUT2D eigenvalue weighted by Gasteiger charge is -2.40. The molecule has 2 fully saturated rings. The Morgan fingerprint density at radius 3 is 2.24 bits per heavy atom. The molecular formula is C12H19NO4. The van der Waals surface area contributed by atoms with Gasteiger partial charge in [-0.25, -0.2) is 4.79 Å². The van der Waals surface area contributed by atoms with E-state index in [9.17, 15) is 14.7 Å². The molecule has 2 rings (SSSR count). The van der Waals surface area contributed by atoms with Crippen molar-refractivity contribution in [2.75, 3.05) is 6.54 Å². The molecule has 5 heteroatoms. The van der Waals surface area contributed by atoms with Crippen LogP contribution >= 0.6 is 0 Å². The Hall–Kier alpha value is -1.10. The number of nitrogens with zero attached hydrogens (tertiary/aromatic N) is 1. The van der Waals surface area contributed by atoms with E-state index >= 15 is 0 Å². The molecule has 0 radical (unpaired) electrons. The van der Waals surface area contributed by atoms with Crippen LogP contribution in [-0.4, -0.2) is 45.7 Å². The number of carbonyl (C=O) groups is 2. The van der Waals surface area contributed by atoms with Gasteiger partial charge < -0.3 is 15.1 Å². The minimum atomic E-state index is -1.00. The fourth-order valence-corrected chi connectivity index (χ4v) is 2.73. The number of hydrogen-bond donors (Lipinski definition) is 2. The van der Waals surface area contributed by atoms with Crippen molar-refractivity contribution in [1.29, 1.82) is 0 Å². The Kier molecular flexibility index (Phi) is 3.66. The van der Waals surface area contributed by atoms with Crippen molar-refractivity contribution in [2.24, 2.45) is 5.92 Å². The van der Waals surface area contributed by atoms with Gasteiger partial charge in [-0.2, -0.15) is 0 Å². The Bertz CT molecular complexity index is 312. The zero-order valence-corrected chi connectivity index (χ0v) is 9.84. The number of aliphatic hydroxyl groups is 1. The first-order valence-corrected chi connectivity index (χ1v) is 6.32. The van der Waals surface area contributed by atoms with Gasteiger partial charge in [-0.15, -0.1) is 0 Å². The molecule has 17 heavy (non-hydrogen) atoms. The van der Waals surface area contributed by atoms with Gasteiger partial charge in [-0.3, -0.25) is 4.79 Å². The van der Waals surface area contributed by atoms with Crippen LogP contribution in [0.15, 0.2) is 0 Å². The number of amides is 1. The molecule has 0 aromatic carbocycles. The van der Waals surface area contributed by atoms with E-state index in [1.807, 2.05) is 0 Å². The van der Waals surface area contributed by atoms with Gasteiger partial charge in [-0.05, 0) is 25.2 Å². The fraction of sp³-hybridized carbons (Fsp3) is 0.833. The van der Waals surface area contributed by atoms with Crippen molar-refractivity contribution in [1.82, 2.24) is 4.90 Å². The Labute approximate surface area is 100 Å². The molecule has 2 aliphatic rings. The number of likely N-dealkylation sites (tertiary alicyclic amines) is 1. The number of carboxylic acid groups (broad SMARTS) is 1. The van der Waals surface area contributed by atoms with Gasteiger partial charge in [0.15, 0.2) is 0 Å². The molecule has 1 aliphatic carbocycles. The Morgan fingerprint density at radius 2 is 1.76 bits per heavy atom. The van der Waals surface area contributed by atoms with Gasteiger partial charge in [0.1, 0.15) is 12.1 Å². The molecule has 1 aliphatic heterocycles. The third kappa shape index (κ3) is 2.44. The first-order valence-electron chi connectivity index (χ1n) is 6.32. The highest BCUT2D eigenvalue weighted by molar-refractivity contribution is 5.88. The smallest absolute Gasteiger partial charge is 0.326 e. The molecule has 1 amide bonds. The molecule has 2 atom stereocenters. The molecular weight excluding hydrogens is 222 g/mol. The van der Waals surface area contributed by atoms with E-state index in [1.165, 1.54) is 11.3 Å². The average molecular weight is 241 g/mol. The van der Waals surface area contributed by atoms with Crippen molar-refractivity contribution in [3.05, 3.63) is 0 Å². The molecule has 0 aromatic heterocycles. The average Bonchev–Trinajstić information content (AvgIpc) is 2.27. The molecule has 1 saturated carbocycles. The number of carbonyl (C=O) groups excluding carboxylic acids is 1. The minimum Gasteiger partial charge on any atom is -0.480 e. The summed E-state index contributed by atoms with van der Waals surface area (Å²) in [5.41, 5.74) is 0. The molecule has 1 heterocycles. The van der Waals surface area contributed by atoms with Gasteiger partial charge in [-0.1, -0.05) is 19.3 Å². The van der Waals surface area contributed by atoms with E-state index in [4.69, 9.17) is 5.11 Å². The quantitative estimate of drug-likeness (QED) is 0.759. The maximum atomic E-state index is 12.0. The van der Waals surface area contributed by atoms with Crippen LogP contribution in [0.4, 0.5) is 0 Å². The second kappa shape index (κ2) is 5.04. The topological polar surface area (TPSA) is 77.8 Å². The van der Waals surface area contributed by atoms with Crippen LogP contribution in [-0.2, 0) is 9.59 Å². The van der Waals surface area contributed by atoms with E-state index in [0.29, 0.717) is 13.0 Å². The third-order valence-electron chi connectivity index (χ3n) is 3.94. The maximum Gasteiger partial charge on any atom is 0.326 e. The Morgan fingerprint density at radius 1 is 1.12 bits per heavy atom. The van der Waals surface area contributed by atoms with Gasteiger partial charge in [0, 0.05) is 6.54 Å². The van der Waals surface area contributed by atoms with Crippen molar-refractivity contribution in [2.45, 2.75) is 50.7 Å². The zero-order valence-electron chi connectivity index (χ0n) is 9.84. The molecule has 2 unspecified atom stereocenters. The zero-order chi connectivity index (χ0) is 12.4. The summed E-state index contributed by atoms with van der Waals surface area (Å²) in [4.78, 5) is 24.1. The normalized spacial score (nSPS) is 27.4. The molecule has 5 nitrogen and oxygen atoms in total. The monoisotopic (exact) mass is 241 g/mol. The molecule has 0 spiro atoms. The van der Waals surface area contributed by atoms with E-state index in [-0.39, 0.29) is 5.92 Å². The van der Waals surface area contributed by atoms with Crippen LogP contribution in [0.2, 0.25) is 0 Å². The Balaban J connectivity index is 1.92. The molecule has 0 bridgehead atoms. The predicted octanol–water partition coefficient (Wildman–Crippen LogP) is 0.613. The molecule has 1 saturated heterocycles. The summed E-state index contributed by atoms with van der Waals surface area (Å²) < 4.78 is 0. The van der Waals surface area contributed by atoms with E-state index in [0.717, 1.165) is 25.7 Å². The number of rotatable bonds is 3. The first-order chi connectivity index (χ1) is 8.11. The van der Waals surface area contributed by atoms with Crippen LogP contribution in [0.5, 0.6) is 0 Å². The van der Waals surface area contributed by atoms with E-state index in [2.05, 4.69) is 0 Å². The molecule has 2 N–H and O–H groups in total. The van der Waals surface area contributed by atoms with Gasteiger partial charge in [0.2, 0.25) is 0 Å². The van der Waals surface area contributed by atoms with E-state index in [1.54, 1.807) is 0 Å². The minimum absolute atomic E-state index is 0.0197. The molecule has 96 valence electrons. The summed E-state index contributed by atoms with van der Waals surface area (Å²) in [6.45, 7) is 0.458. The number of hydrogen-bond acceptors (Lipinski definition) is 3. The standard InChI is InChI=1S/C12H19NO4/c14-10(8-4-2-1-3-5-8)11(15)13-7-6-9(13)12(16)17/h8-10,14H,1-7H2,(H,16,17). The lowest BCUT2D eigenvalue weighted by atomic mass is 9.84. The van der Waals surface area contributed by atoms with Crippen molar-refractivity contribution >= 4 is 11.9 Å². The lowest BCUT2D eigenvalue weighted by molar-refractivity contribution is -0.163. The van der Waals surface area contributed by atoms with Crippen LogP contribution < -0.4 is 0 Å². The van der Waals surface area contributed by atoms with Gasteiger partial charge in [0.05, 0.1) is 0 Å². The van der Waals surface area contributed by atoms with Crippen LogP contribution in [0.1, 0.15) is 38.5 Å².